The van der Waals surface area contributed by atoms with Crippen LogP contribution in [0.25, 0.3) is 11.3 Å². The minimum atomic E-state index is -0.526. The predicted molar refractivity (Wildman–Crippen MR) is 62.4 cm³/mol. The van der Waals surface area contributed by atoms with Crippen LogP contribution in [0.2, 0.25) is 0 Å². The van der Waals surface area contributed by atoms with Gasteiger partial charge in [-0.15, -0.1) is 0 Å². The van der Waals surface area contributed by atoms with E-state index in [9.17, 15) is 15.2 Å². The fraction of sp³-hybridized carbons (Fsp3) is 0. The summed E-state index contributed by atoms with van der Waals surface area (Å²) in [7, 11) is 0. The number of hydrogen-bond donors (Lipinski definition) is 2. The summed E-state index contributed by atoms with van der Waals surface area (Å²) in [4.78, 5) is 14.1. The highest BCUT2D eigenvalue weighted by molar-refractivity contribution is 5.80. The van der Waals surface area contributed by atoms with Crippen molar-refractivity contribution < 1.29 is 10.0 Å². The number of hydrogen-bond acceptors (Lipinski definition) is 5. The standard InChI is InChI=1S/C11H9N3O3/c12-8-2-1-3-10(15)11(8)9-6-7(14(16)17)4-5-13-9/h1-6,15H,12H2. The molecule has 3 N–H and O–H groups in total. The molecule has 0 bridgehead atoms. The molecule has 0 unspecified atom stereocenters. The van der Waals surface area contributed by atoms with Crippen LogP contribution < -0.4 is 5.73 Å². The Labute approximate surface area is 96.5 Å². The second kappa shape index (κ2) is 4.09. The van der Waals surface area contributed by atoms with Gasteiger partial charge in [0.2, 0.25) is 0 Å². The third-order valence-corrected chi connectivity index (χ3v) is 2.29. The summed E-state index contributed by atoms with van der Waals surface area (Å²) in [6.07, 6.45) is 1.30. The summed E-state index contributed by atoms with van der Waals surface area (Å²) in [5.74, 6) is -0.0574. The Morgan fingerprint density at radius 2 is 2.12 bits per heavy atom. The number of anilines is 1. The quantitative estimate of drug-likeness (QED) is 0.467. The molecule has 0 spiro atoms. The molecule has 0 aliphatic heterocycles. The topological polar surface area (TPSA) is 102 Å². The number of phenolic OH excluding ortho intramolecular Hbond substituents is 1. The van der Waals surface area contributed by atoms with Crippen molar-refractivity contribution in [2.45, 2.75) is 0 Å². The molecule has 0 aliphatic carbocycles. The van der Waals surface area contributed by atoms with Crippen molar-refractivity contribution in [1.29, 1.82) is 0 Å². The number of pyridine rings is 1. The van der Waals surface area contributed by atoms with Crippen molar-refractivity contribution in [3.05, 3.63) is 46.6 Å². The van der Waals surface area contributed by atoms with Crippen molar-refractivity contribution in [2.75, 3.05) is 5.73 Å². The van der Waals surface area contributed by atoms with Gasteiger partial charge in [-0.1, -0.05) is 6.07 Å². The molecule has 0 amide bonds. The molecule has 0 saturated carbocycles. The van der Waals surface area contributed by atoms with E-state index in [2.05, 4.69) is 4.98 Å². The fourth-order valence-corrected chi connectivity index (χ4v) is 1.51. The van der Waals surface area contributed by atoms with E-state index in [1.165, 1.54) is 24.4 Å². The van der Waals surface area contributed by atoms with Gasteiger partial charge in [-0.05, 0) is 12.1 Å². The van der Waals surface area contributed by atoms with Gasteiger partial charge in [0.15, 0.2) is 0 Å². The number of aromatic hydroxyl groups is 1. The lowest BCUT2D eigenvalue weighted by Crippen LogP contribution is -1.94. The largest absolute Gasteiger partial charge is 0.507 e. The Morgan fingerprint density at radius 3 is 2.76 bits per heavy atom. The minimum absolute atomic E-state index is 0.0574. The van der Waals surface area contributed by atoms with Crippen molar-refractivity contribution in [3.63, 3.8) is 0 Å². The Hall–Kier alpha value is -2.63. The Bertz CT molecular complexity index is 564. The SMILES string of the molecule is Nc1cccc(O)c1-c1cc([N+](=O)[O-])ccn1. The van der Waals surface area contributed by atoms with Gasteiger partial charge in [0, 0.05) is 24.0 Å². The summed E-state index contributed by atoms with van der Waals surface area (Å²) < 4.78 is 0. The minimum Gasteiger partial charge on any atom is -0.507 e. The van der Waals surface area contributed by atoms with Gasteiger partial charge in [0.05, 0.1) is 16.2 Å². The van der Waals surface area contributed by atoms with E-state index in [1.807, 2.05) is 0 Å². The van der Waals surface area contributed by atoms with Crippen LogP contribution in [0.15, 0.2) is 36.5 Å². The smallest absolute Gasteiger partial charge is 0.273 e. The van der Waals surface area contributed by atoms with Crippen molar-refractivity contribution >= 4 is 11.4 Å². The predicted octanol–water partition coefficient (Wildman–Crippen LogP) is 1.94. The van der Waals surface area contributed by atoms with Crippen LogP contribution >= 0.6 is 0 Å². The highest BCUT2D eigenvalue weighted by Gasteiger charge is 2.13. The van der Waals surface area contributed by atoms with Crippen LogP contribution in [0.3, 0.4) is 0 Å². The van der Waals surface area contributed by atoms with E-state index in [0.29, 0.717) is 11.3 Å². The molecule has 17 heavy (non-hydrogen) atoms. The molecule has 0 saturated heterocycles. The Morgan fingerprint density at radius 1 is 1.35 bits per heavy atom. The maximum Gasteiger partial charge on any atom is 0.273 e. The number of rotatable bonds is 2. The first-order chi connectivity index (χ1) is 8.09. The molecule has 1 aromatic heterocycles. The molecule has 0 atom stereocenters. The molecule has 0 aliphatic rings. The molecule has 2 rings (SSSR count). The van der Waals surface area contributed by atoms with Gasteiger partial charge in [-0.3, -0.25) is 15.1 Å². The van der Waals surface area contributed by atoms with Crippen molar-refractivity contribution in [3.8, 4) is 17.0 Å². The van der Waals surface area contributed by atoms with Gasteiger partial charge >= 0.3 is 0 Å². The first-order valence-corrected chi connectivity index (χ1v) is 4.78. The molecule has 1 heterocycles. The Kier molecular flexibility index (Phi) is 2.61. The molecule has 0 radical (unpaired) electrons. The van der Waals surface area contributed by atoms with Crippen LogP contribution in [0.4, 0.5) is 11.4 Å². The first-order valence-electron chi connectivity index (χ1n) is 4.78. The number of nitrogens with two attached hydrogens (primary N) is 1. The molecular weight excluding hydrogens is 222 g/mol. The maximum absolute atomic E-state index is 10.6. The lowest BCUT2D eigenvalue weighted by molar-refractivity contribution is -0.384. The molecule has 6 nitrogen and oxygen atoms in total. The summed E-state index contributed by atoms with van der Waals surface area (Å²) in [5, 5.41) is 20.3. The van der Waals surface area contributed by atoms with Crippen LogP contribution in [-0.4, -0.2) is 15.0 Å². The first kappa shape index (κ1) is 10.9. The molecule has 0 fully saturated rings. The summed E-state index contributed by atoms with van der Waals surface area (Å²) in [6.45, 7) is 0. The van der Waals surface area contributed by atoms with E-state index >= 15 is 0 Å². The van der Waals surface area contributed by atoms with Crippen LogP contribution in [-0.2, 0) is 0 Å². The number of nitrogen functional groups attached to an aromatic ring is 1. The molecule has 6 heteroatoms. The van der Waals surface area contributed by atoms with Crippen LogP contribution in [0.1, 0.15) is 0 Å². The van der Waals surface area contributed by atoms with Crippen molar-refractivity contribution in [1.82, 2.24) is 4.98 Å². The number of phenols is 1. The number of aromatic nitrogens is 1. The fourth-order valence-electron chi connectivity index (χ4n) is 1.51. The summed E-state index contributed by atoms with van der Waals surface area (Å²) >= 11 is 0. The number of nitro groups is 1. The van der Waals surface area contributed by atoms with Gasteiger partial charge < -0.3 is 10.8 Å². The lowest BCUT2D eigenvalue weighted by atomic mass is 10.1. The average Bonchev–Trinajstić information content (AvgIpc) is 2.29. The van der Waals surface area contributed by atoms with E-state index in [-0.39, 0.29) is 17.1 Å². The molecule has 1 aromatic carbocycles. The van der Waals surface area contributed by atoms with Gasteiger partial charge in [0.1, 0.15) is 5.75 Å². The zero-order valence-electron chi connectivity index (χ0n) is 8.70. The monoisotopic (exact) mass is 231 g/mol. The molecule has 2 aromatic rings. The van der Waals surface area contributed by atoms with E-state index in [1.54, 1.807) is 12.1 Å². The third kappa shape index (κ3) is 2.00. The van der Waals surface area contributed by atoms with Gasteiger partial charge in [-0.2, -0.15) is 0 Å². The number of benzene rings is 1. The van der Waals surface area contributed by atoms with Crippen LogP contribution in [0.5, 0.6) is 5.75 Å². The second-order valence-corrected chi connectivity index (χ2v) is 3.40. The average molecular weight is 231 g/mol. The van der Waals surface area contributed by atoms with E-state index in [4.69, 9.17) is 5.73 Å². The number of nitrogens with zero attached hydrogens (tertiary/aromatic N) is 2. The molecule has 86 valence electrons. The maximum atomic E-state index is 10.6. The second-order valence-electron chi connectivity index (χ2n) is 3.40. The summed E-state index contributed by atoms with van der Waals surface area (Å²) in [6, 6.07) is 7.18. The third-order valence-electron chi connectivity index (χ3n) is 2.29. The zero-order chi connectivity index (χ0) is 12.4. The normalized spacial score (nSPS) is 10.1. The van der Waals surface area contributed by atoms with Crippen LogP contribution in [0, 0.1) is 10.1 Å². The van der Waals surface area contributed by atoms with Gasteiger partial charge in [-0.25, -0.2) is 0 Å². The zero-order valence-corrected chi connectivity index (χ0v) is 8.70. The molecular formula is C11H9N3O3. The van der Waals surface area contributed by atoms with E-state index in [0.717, 1.165) is 0 Å². The van der Waals surface area contributed by atoms with Crippen molar-refractivity contribution in [2.24, 2.45) is 0 Å². The summed E-state index contributed by atoms with van der Waals surface area (Å²) in [5.41, 5.74) is 6.50. The van der Waals surface area contributed by atoms with E-state index < -0.39 is 4.92 Å². The highest BCUT2D eigenvalue weighted by atomic mass is 16.6. The Balaban J connectivity index is 2.61. The van der Waals surface area contributed by atoms with Gasteiger partial charge in [0.25, 0.3) is 5.69 Å². The highest BCUT2D eigenvalue weighted by Crippen LogP contribution is 2.34. The lowest BCUT2D eigenvalue weighted by Gasteiger charge is -2.06.